The van der Waals surface area contributed by atoms with Gasteiger partial charge in [0.1, 0.15) is 0 Å². The van der Waals surface area contributed by atoms with Crippen molar-refractivity contribution in [3.8, 4) is 5.75 Å². The summed E-state index contributed by atoms with van der Waals surface area (Å²) in [5.74, 6) is -0.806. The minimum Gasteiger partial charge on any atom is -0.490 e. The molecule has 0 fully saturated rings. The highest BCUT2D eigenvalue weighted by molar-refractivity contribution is 6.33. The Hall–Kier alpha value is -3.13. The van der Waals surface area contributed by atoms with Gasteiger partial charge in [-0.25, -0.2) is 0 Å². The number of halogens is 1. The van der Waals surface area contributed by atoms with E-state index in [0.29, 0.717) is 16.4 Å². The third kappa shape index (κ3) is 4.45. The molecule has 2 rings (SSSR count). The zero-order valence-corrected chi connectivity index (χ0v) is 14.1. The summed E-state index contributed by atoms with van der Waals surface area (Å²) in [5.41, 5.74) is 0.484. The van der Waals surface area contributed by atoms with Gasteiger partial charge < -0.3 is 15.4 Å². The molecule has 130 valence electrons. The van der Waals surface area contributed by atoms with E-state index in [-0.39, 0.29) is 22.9 Å². The van der Waals surface area contributed by atoms with Crippen LogP contribution in [0.1, 0.15) is 17.3 Å². The number of hydrogen-bond acceptors (Lipinski definition) is 5. The van der Waals surface area contributed by atoms with E-state index in [4.69, 9.17) is 16.3 Å². The van der Waals surface area contributed by atoms with Gasteiger partial charge >= 0.3 is 5.69 Å². The average Bonchev–Trinajstić information content (AvgIpc) is 2.56. The van der Waals surface area contributed by atoms with E-state index in [0.717, 1.165) is 6.07 Å². The molecule has 0 unspecified atom stereocenters. The van der Waals surface area contributed by atoms with Crippen LogP contribution >= 0.6 is 11.6 Å². The Kier molecular flexibility index (Phi) is 5.56. The Morgan fingerprint density at radius 2 is 1.88 bits per heavy atom. The molecule has 9 heteroatoms. The van der Waals surface area contributed by atoms with Gasteiger partial charge in [-0.1, -0.05) is 11.6 Å². The smallest absolute Gasteiger partial charge is 0.311 e. The van der Waals surface area contributed by atoms with Crippen LogP contribution in [0.15, 0.2) is 36.4 Å². The van der Waals surface area contributed by atoms with Crippen LogP contribution in [0.5, 0.6) is 5.75 Å². The van der Waals surface area contributed by atoms with Crippen molar-refractivity contribution in [2.75, 3.05) is 17.7 Å². The van der Waals surface area contributed by atoms with Crippen LogP contribution in [0.4, 0.5) is 17.1 Å². The summed E-state index contributed by atoms with van der Waals surface area (Å²) < 4.78 is 4.90. The first-order valence-electron chi connectivity index (χ1n) is 7.02. The Labute approximate surface area is 147 Å². The molecule has 2 aromatic carbocycles. The molecule has 2 N–H and O–H groups in total. The highest BCUT2D eigenvalue weighted by Gasteiger charge is 2.18. The highest BCUT2D eigenvalue weighted by Crippen LogP contribution is 2.29. The molecule has 0 aliphatic carbocycles. The number of hydrogen-bond donors (Lipinski definition) is 2. The number of carbonyl (C=O) groups excluding carboxylic acids is 2. The number of nitrogens with zero attached hydrogens (tertiary/aromatic N) is 1. The summed E-state index contributed by atoms with van der Waals surface area (Å²) in [5, 5.41) is 16.5. The number of nitrogens with one attached hydrogen (secondary N) is 2. The normalized spacial score (nSPS) is 10.0. The minimum absolute atomic E-state index is 0.0565. The molecule has 2 aromatic rings. The second kappa shape index (κ2) is 7.63. The van der Waals surface area contributed by atoms with Crippen molar-refractivity contribution >= 4 is 40.5 Å². The van der Waals surface area contributed by atoms with Crippen molar-refractivity contribution in [1.82, 2.24) is 0 Å². The molecule has 25 heavy (non-hydrogen) atoms. The van der Waals surface area contributed by atoms with Crippen LogP contribution in [0.3, 0.4) is 0 Å². The molecule has 0 aliphatic rings. The molecular weight excluding hydrogens is 350 g/mol. The van der Waals surface area contributed by atoms with Crippen molar-refractivity contribution < 1.29 is 19.2 Å². The fraction of sp³-hybridized carbons (Fsp3) is 0.125. The van der Waals surface area contributed by atoms with Gasteiger partial charge in [-0.3, -0.25) is 19.7 Å². The molecule has 0 bridgehead atoms. The second-order valence-corrected chi connectivity index (χ2v) is 5.38. The highest BCUT2D eigenvalue weighted by atomic mass is 35.5. The number of methoxy groups -OCH3 is 1. The topological polar surface area (TPSA) is 111 Å². The molecule has 0 atom stereocenters. The van der Waals surface area contributed by atoms with Crippen molar-refractivity contribution in [3.63, 3.8) is 0 Å². The van der Waals surface area contributed by atoms with Gasteiger partial charge in [0.05, 0.1) is 22.7 Å². The number of benzene rings is 2. The zero-order chi connectivity index (χ0) is 18.6. The van der Waals surface area contributed by atoms with Gasteiger partial charge in [0.15, 0.2) is 5.75 Å². The maximum Gasteiger partial charge on any atom is 0.311 e. The van der Waals surface area contributed by atoms with Crippen LogP contribution in [0.25, 0.3) is 0 Å². The molecular formula is C16H14ClN3O5. The standard InChI is InChI=1S/C16H14ClN3O5/c1-9(21)18-13-8-11(4-5-12(13)17)19-16(22)10-3-6-15(25-2)14(7-10)20(23)24/h3-8H,1-2H3,(H,18,21)(H,19,22). The van der Waals surface area contributed by atoms with Crippen molar-refractivity contribution in [2.45, 2.75) is 6.92 Å². The Morgan fingerprint density at radius 3 is 2.48 bits per heavy atom. The van der Waals surface area contributed by atoms with Crippen molar-refractivity contribution in [2.24, 2.45) is 0 Å². The minimum atomic E-state index is -0.632. The number of ether oxygens (including phenoxy) is 1. The lowest BCUT2D eigenvalue weighted by Gasteiger charge is -2.10. The lowest BCUT2D eigenvalue weighted by molar-refractivity contribution is -0.385. The van der Waals surface area contributed by atoms with Gasteiger partial charge in [-0.15, -0.1) is 0 Å². The SMILES string of the molecule is COc1ccc(C(=O)Nc2ccc(Cl)c(NC(C)=O)c2)cc1[N+](=O)[O-]. The Bertz CT molecular complexity index is 854. The monoisotopic (exact) mass is 363 g/mol. The van der Waals surface area contributed by atoms with Gasteiger partial charge in [0.2, 0.25) is 5.91 Å². The van der Waals surface area contributed by atoms with E-state index >= 15 is 0 Å². The van der Waals surface area contributed by atoms with E-state index in [2.05, 4.69) is 10.6 Å². The third-order valence-electron chi connectivity index (χ3n) is 3.17. The van der Waals surface area contributed by atoms with Crippen LogP contribution < -0.4 is 15.4 Å². The summed E-state index contributed by atoms with van der Waals surface area (Å²) >= 11 is 5.97. The van der Waals surface area contributed by atoms with Crippen LogP contribution in [0.2, 0.25) is 5.02 Å². The molecule has 0 heterocycles. The van der Waals surface area contributed by atoms with E-state index in [1.165, 1.54) is 38.3 Å². The number of carbonyl (C=O) groups is 2. The van der Waals surface area contributed by atoms with Gasteiger partial charge in [0.25, 0.3) is 5.91 Å². The molecule has 0 saturated carbocycles. The zero-order valence-electron chi connectivity index (χ0n) is 13.3. The van der Waals surface area contributed by atoms with E-state index in [9.17, 15) is 19.7 Å². The van der Waals surface area contributed by atoms with Gasteiger partial charge in [0, 0.05) is 24.2 Å². The van der Waals surface area contributed by atoms with Gasteiger partial charge in [-0.2, -0.15) is 0 Å². The second-order valence-electron chi connectivity index (χ2n) is 4.97. The fourth-order valence-electron chi connectivity index (χ4n) is 2.07. The van der Waals surface area contributed by atoms with Crippen LogP contribution in [-0.2, 0) is 4.79 Å². The van der Waals surface area contributed by atoms with Crippen molar-refractivity contribution in [3.05, 3.63) is 57.1 Å². The maximum absolute atomic E-state index is 12.3. The summed E-state index contributed by atoms with van der Waals surface area (Å²) in [4.78, 5) is 33.9. The third-order valence-corrected chi connectivity index (χ3v) is 3.50. The summed E-state index contributed by atoms with van der Waals surface area (Å²) in [7, 11) is 1.30. The van der Waals surface area contributed by atoms with E-state index < -0.39 is 10.8 Å². The quantitative estimate of drug-likeness (QED) is 0.624. The molecule has 2 amide bonds. The Morgan fingerprint density at radius 1 is 1.16 bits per heavy atom. The van der Waals surface area contributed by atoms with E-state index in [1.54, 1.807) is 6.07 Å². The number of nitro groups is 1. The lowest BCUT2D eigenvalue weighted by Crippen LogP contribution is -2.13. The predicted octanol–water partition coefficient (Wildman–Crippen LogP) is 3.47. The lowest BCUT2D eigenvalue weighted by atomic mass is 10.1. The first-order chi connectivity index (χ1) is 11.8. The van der Waals surface area contributed by atoms with E-state index in [1.807, 2.05) is 0 Å². The fourth-order valence-corrected chi connectivity index (χ4v) is 2.23. The first-order valence-corrected chi connectivity index (χ1v) is 7.40. The molecule has 0 aliphatic heterocycles. The summed E-state index contributed by atoms with van der Waals surface area (Å²) in [6.07, 6.45) is 0. The average molecular weight is 364 g/mol. The Balaban J connectivity index is 2.26. The summed E-state index contributed by atoms with van der Waals surface area (Å²) in [6, 6.07) is 8.42. The number of anilines is 2. The number of rotatable bonds is 5. The predicted molar refractivity (Wildman–Crippen MR) is 93.4 cm³/mol. The maximum atomic E-state index is 12.3. The summed E-state index contributed by atoms with van der Waals surface area (Å²) in [6.45, 7) is 1.33. The number of nitro benzene ring substituents is 1. The van der Waals surface area contributed by atoms with Crippen LogP contribution in [0, 0.1) is 10.1 Å². The number of amides is 2. The first kappa shape index (κ1) is 18.2. The molecule has 0 radical (unpaired) electrons. The molecule has 0 saturated heterocycles. The van der Waals surface area contributed by atoms with Gasteiger partial charge in [-0.05, 0) is 30.3 Å². The van der Waals surface area contributed by atoms with Crippen LogP contribution in [-0.4, -0.2) is 23.8 Å². The molecule has 8 nitrogen and oxygen atoms in total. The van der Waals surface area contributed by atoms with Crippen molar-refractivity contribution in [1.29, 1.82) is 0 Å². The molecule has 0 aromatic heterocycles. The largest absolute Gasteiger partial charge is 0.490 e. The molecule has 0 spiro atoms.